The molecule has 1 fully saturated rings. The lowest BCUT2D eigenvalue weighted by Gasteiger charge is -2.32. The molecule has 22 heavy (non-hydrogen) atoms. The van der Waals surface area contributed by atoms with Crippen LogP contribution in [-0.2, 0) is 4.74 Å². The van der Waals surface area contributed by atoms with Gasteiger partial charge in [-0.1, -0.05) is 11.3 Å². The molecule has 3 rings (SSSR count). The Morgan fingerprint density at radius 1 is 1.45 bits per heavy atom. The lowest BCUT2D eigenvalue weighted by atomic mass is 9.91. The molecule has 0 amide bonds. The first kappa shape index (κ1) is 15.0. The van der Waals surface area contributed by atoms with Gasteiger partial charge in [-0.25, -0.2) is 9.78 Å². The Morgan fingerprint density at radius 3 is 3.05 bits per heavy atom. The van der Waals surface area contributed by atoms with Crippen molar-refractivity contribution in [2.24, 2.45) is 0 Å². The van der Waals surface area contributed by atoms with E-state index in [1.807, 2.05) is 19.3 Å². The van der Waals surface area contributed by atoms with Crippen LogP contribution in [0, 0.1) is 0 Å². The molecule has 2 aromatic heterocycles. The first-order valence-corrected chi connectivity index (χ1v) is 8.37. The van der Waals surface area contributed by atoms with Gasteiger partial charge in [0, 0.05) is 31.4 Å². The van der Waals surface area contributed by atoms with Crippen LogP contribution < -0.4 is 4.90 Å². The first-order chi connectivity index (χ1) is 10.8. The summed E-state index contributed by atoms with van der Waals surface area (Å²) in [5, 5.41) is 0.904. The molecular weight excluding hydrogens is 298 g/mol. The molecule has 1 saturated heterocycles. The molecule has 0 bridgehead atoms. The van der Waals surface area contributed by atoms with E-state index < -0.39 is 0 Å². The molecule has 3 heterocycles. The zero-order valence-corrected chi connectivity index (χ0v) is 13.4. The number of pyridine rings is 1. The average molecular weight is 317 g/mol. The van der Waals surface area contributed by atoms with Gasteiger partial charge in [0.2, 0.25) is 0 Å². The quantitative estimate of drug-likeness (QED) is 0.811. The lowest BCUT2D eigenvalue weighted by molar-refractivity contribution is 0.0532. The highest BCUT2D eigenvalue weighted by molar-refractivity contribution is 7.17. The Kier molecular flexibility index (Phi) is 4.68. The third-order valence-corrected chi connectivity index (χ3v) is 4.88. The normalized spacial score (nSPS) is 18.2. The van der Waals surface area contributed by atoms with Crippen molar-refractivity contribution >= 4 is 22.4 Å². The first-order valence-electron chi connectivity index (χ1n) is 7.55. The molecule has 6 heteroatoms. The number of anilines is 1. The number of hydrogen-bond donors (Lipinski definition) is 0. The zero-order chi connectivity index (χ0) is 15.4. The van der Waals surface area contributed by atoms with Gasteiger partial charge in [0.1, 0.15) is 4.88 Å². The van der Waals surface area contributed by atoms with Crippen molar-refractivity contribution in [3.8, 4) is 0 Å². The van der Waals surface area contributed by atoms with Gasteiger partial charge in [-0.05, 0) is 37.5 Å². The summed E-state index contributed by atoms with van der Waals surface area (Å²) in [4.78, 5) is 23.1. The number of ether oxygens (including phenoxy) is 1. The average Bonchev–Trinajstić information content (AvgIpc) is 3.06. The van der Waals surface area contributed by atoms with Gasteiger partial charge >= 0.3 is 5.97 Å². The van der Waals surface area contributed by atoms with E-state index in [0.29, 0.717) is 17.4 Å². The fourth-order valence-electron chi connectivity index (χ4n) is 2.77. The summed E-state index contributed by atoms with van der Waals surface area (Å²) < 4.78 is 5.03. The molecule has 2 aromatic rings. The molecule has 0 aliphatic carbocycles. The maximum Gasteiger partial charge on any atom is 0.350 e. The fraction of sp³-hybridized carbons (Fsp3) is 0.438. The van der Waals surface area contributed by atoms with E-state index >= 15 is 0 Å². The maximum absolute atomic E-state index is 11.7. The molecule has 0 spiro atoms. The van der Waals surface area contributed by atoms with E-state index in [1.54, 1.807) is 6.20 Å². The summed E-state index contributed by atoms with van der Waals surface area (Å²) in [5.41, 5.74) is 1.32. The summed E-state index contributed by atoms with van der Waals surface area (Å²) >= 11 is 1.41. The van der Waals surface area contributed by atoms with Crippen molar-refractivity contribution in [3.05, 3.63) is 41.2 Å². The Morgan fingerprint density at radius 2 is 2.27 bits per heavy atom. The Hall–Kier alpha value is -1.95. The van der Waals surface area contributed by atoms with Crippen LogP contribution in [0.3, 0.4) is 0 Å². The van der Waals surface area contributed by atoms with Crippen molar-refractivity contribution in [3.63, 3.8) is 0 Å². The third-order valence-electron chi connectivity index (χ3n) is 3.84. The second-order valence-corrected chi connectivity index (χ2v) is 6.30. The Bertz CT molecular complexity index is 629. The molecule has 1 aliphatic heterocycles. The smallest absolute Gasteiger partial charge is 0.350 e. The number of nitrogens with zero attached hydrogens (tertiary/aromatic N) is 3. The lowest BCUT2D eigenvalue weighted by Crippen LogP contribution is -2.34. The number of carbonyl (C=O) groups excluding carboxylic acids is 1. The molecule has 1 unspecified atom stereocenters. The number of rotatable bonds is 4. The molecule has 0 saturated carbocycles. The van der Waals surface area contributed by atoms with Crippen LogP contribution in [0.2, 0.25) is 0 Å². The van der Waals surface area contributed by atoms with E-state index in [2.05, 4.69) is 27.0 Å². The van der Waals surface area contributed by atoms with Crippen LogP contribution >= 0.6 is 11.3 Å². The summed E-state index contributed by atoms with van der Waals surface area (Å²) in [5.74, 6) is 0.209. The number of hydrogen-bond acceptors (Lipinski definition) is 6. The SMILES string of the molecule is CCOC(=O)c1cnc(N2CCCC(c3ccncc3)C2)s1. The highest BCUT2D eigenvalue weighted by Crippen LogP contribution is 2.32. The number of thiazole rings is 1. The summed E-state index contributed by atoms with van der Waals surface area (Å²) in [7, 11) is 0. The van der Waals surface area contributed by atoms with Crippen molar-refractivity contribution in [1.82, 2.24) is 9.97 Å². The van der Waals surface area contributed by atoms with Gasteiger partial charge in [0.25, 0.3) is 0 Å². The topological polar surface area (TPSA) is 55.3 Å². The van der Waals surface area contributed by atoms with Gasteiger partial charge in [-0.2, -0.15) is 0 Å². The van der Waals surface area contributed by atoms with Gasteiger partial charge in [0.05, 0.1) is 12.8 Å². The van der Waals surface area contributed by atoms with Crippen LogP contribution in [0.15, 0.2) is 30.7 Å². The summed E-state index contributed by atoms with van der Waals surface area (Å²) in [6.45, 7) is 4.11. The fourth-order valence-corrected chi connectivity index (χ4v) is 3.61. The minimum Gasteiger partial charge on any atom is -0.462 e. The molecule has 1 aliphatic rings. The Labute approximate surface area is 134 Å². The van der Waals surface area contributed by atoms with Crippen LogP contribution in [0.5, 0.6) is 0 Å². The number of piperidine rings is 1. The van der Waals surface area contributed by atoms with Crippen molar-refractivity contribution < 1.29 is 9.53 Å². The van der Waals surface area contributed by atoms with Crippen LogP contribution in [0.1, 0.15) is 40.9 Å². The highest BCUT2D eigenvalue weighted by atomic mass is 32.1. The number of esters is 1. The molecule has 0 aromatic carbocycles. The zero-order valence-electron chi connectivity index (χ0n) is 12.6. The number of carbonyl (C=O) groups is 1. The standard InChI is InChI=1S/C16H19N3O2S/c1-2-21-15(20)14-10-18-16(22-14)19-9-3-4-13(11-19)12-5-7-17-8-6-12/h5-8,10,13H,2-4,9,11H2,1H3. The van der Waals surface area contributed by atoms with Crippen molar-refractivity contribution in [2.75, 3.05) is 24.6 Å². The summed E-state index contributed by atoms with van der Waals surface area (Å²) in [6, 6.07) is 4.17. The van der Waals surface area contributed by atoms with E-state index in [0.717, 1.165) is 24.6 Å². The van der Waals surface area contributed by atoms with Crippen LogP contribution in [0.25, 0.3) is 0 Å². The predicted octanol–water partition coefficient (Wildman–Crippen LogP) is 3.10. The third kappa shape index (κ3) is 3.27. The second-order valence-electron chi connectivity index (χ2n) is 5.29. The maximum atomic E-state index is 11.7. The Balaban J connectivity index is 1.71. The molecule has 0 N–H and O–H groups in total. The molecule has 5 nitrogen and oxygen atoms in total. The molecule has 0 radical (unpaired) electrons. The monoisotopic (exact) mass is 317 g/mol. The largest absolute Gasteiger partial charge is 0.462 e. The summed E-state index contributed by atoms with van der Waals surface area (Å²) in [6.07, 6.45) is 7.61. The van der Waals surface area contributed by atoms with E-state index in [-0.39, 0.29) is 5.97 Å². The van der Waals surface area contributed by atoms with E-state index in [9.17, 15) is 4.79 Å². The minimum absolute atomic E-state index is 0.283. The van der Waals surface area contributed by atoms with Gasteiger partial charge < -0.3 is 9.64 Å². The van der Waals surface area contributed by atoms with Crippen LogP contribution in [0.4, 0.5) is 5.13 Å². The van der Waals surface area contributed by atoms with Crippen molar-refractivity contribution in [2.45, 2.75) is 25.7 Å². The number of aromatic nitrogens is 2. The van der Waals surface area contributed by atoms with E-state index in [4.69, 9.17) is 4.74 Å². The van der Waals surface area contributed by atoms with Gasteiger partial charge in [0.15, 0.2) is 5.13 Å². The van der Waals surface area contributed by atoms with E-state index in [1.165, 1.54) is 23.3 Å². The predicted molar refractivity (Wildman–Crippen MR) is 86.5 cm³/mol. The molecule has 1 atom stereocenters. The van der Waals surface area contributed by atoms with Crippen molar-refractivity contribution in [1.29, 1.82) is 0 Å². The highest BCUT2D eigenvalue weighted by Gasteiger charge is 2.24. The molecular formula is C16H19N3O2S. The molecule has 116 valence electrons. The minimum atomic E-state index is -0.283. The van der Waals surface area contributed by atoms with Gasteiger partial charge in [-0.15, -0.1) is 0 Å². The second kappa shape index (κ2) is 6.87. The van der Waals surface area contributed by atoms with Gasteiger partial charge in [-0.3, -0.25) is 4.98 Å². The van der Waals surface area contributed by atoms with Crippen LogP contribution in [-0.4, -0.2) is 35.6 Å².